The number of imidazole rings is 1. The molecule has 102 valence electrons. The van der Waals surface area contributed by atoms with E-state index in [9.17, 15) is 8.78 Å². The topological polar surface area (TPSA) is 29.9 Å². The normalized spacial score (nSPS) is 18.8. The van der Waals surface area contributed by atoms with Crippen molar-refractivity contribution >= 4 is 38.6 Å². The number of fused-ring (bicyclic) bond motifs is 1. The van der Waals surface area contributed by atoms with Crippen molar-refractivity contribution in [2.45, 2.75) is 24.9 Å². The first-order valence-electron chi connectivity index (χ1n) is 5.93. The lowest BCUT2D eigenvalue weighted by molar-refractivity contribution is 0.330. The molecule has 3 nitrogen and oxygen atoms in total. The zero-order valence-electron chi connectivity index (χ0n) is 9.89. The van der Waals surface area contributed by atoms with Crippen LogP contribution >= 0.6 is 27.5 Å². The van der Waals surface area contributed by atoms with Crippen molar-refractivity contribution < 1.29 is 8.78 Å². The standard InChI is InChI=1S/C12H11BrClF2N3/c13-7-3-8(15)11-12(10(7)16)19(9(4-14)18-11)5-6-1-2-17-6/h3,6,17H,1-2,4-5H2/t6-/m0/s1. The molecule has 1 fully saturated rings. The van der Waals surface area contributed by atoms with Crippen LogP contribution in [0.25, 0.3) is 11.0 Å². The van der Waals surface area contributed by atoms with Gasteiger partial charge in [0.05, 0.1) is 10.4 Å². The van der Waals surface area contributed by atoms with E-state index < -0.39 is 11.6 Å². The molecule has 0 radical (unpaired) electrons. The van der Waals surface area contributed by atoms with Crippen molar-refractivity contribution in [2.75, 3.05) is 6.54 Å². The summed E-state index contributed by atoms with van der Waals surface area (Å²) in [6.45, 7) is 1.50. The van der Waals surface area contributed by atoms with E-state index in [0.717, 1.165) is 19.0 Å². The Balaban J connectivity index is 2.21. The molecule has 1 saturated heterocycles. The smallest absolute Gasteiger partial charge is 0.163 e. The second kappa shape index (κ2) is 5.00. The van der Waals surface area contributed by atoms with Gasteiger partial charge in [0.15, 0.2) is 11.6 Å². The number of hydrogen-bond acceptors (Lipinski definition) is 2. The minimum atomic E-state index is -0.546. The maximum atomic E-state index is 14.2. The molecule has 1 aromatic heterocycles. The Kier molecular flexibility index (Phi) is 3.49. The zero-order chi connectivity index (χ0) is 13.6. The molecule has 0 spiro atoms. The van der Waals surface area contributed by atoms with Gasteiger partial charge in [-0.1, -0.05) is 0 Å². The van der Waals surface area contributed by atoms with E-state index in [-0.39, 0.29) is 27.4 Å². The molecule has 1 N–H and O–H groups in total. The third-order valence-electron chi connectivity index (χ3n) is 3.39. The summed E-state index contributed by atoms with van der Waals surface area (Å²) in [5.41, 5.74) is 0.215. The number of alkyl halides is 1. The van der Waals surface area contributed by atoms with Gasteiger partial charge in [0.1, 0.15) is 16.9 Å². The number of hydrogen-bond donors (Lipinski definition) is 1. The van der Waals surface area contributed by atoms with Crippen molar-refractivity contribution in [3.05, 3.63) is 28.0 Å². The summed E-state index contributed by atoms with van der Waals surface area (Å²) in [4.78, 5) is 4.11. The summed E-state index contributed by atoms with van der Waals surface area (Å²) in [6.07, 6.45) is 1.01. The number of benzene rings is 1. The zero-order valence-corrected chi connectivity index (χ0v) is 12.2. The first-order chi connectivity index (χ1) is 9.11. The van der Waals surface area contributed by atoms with Gasteiger partial charge in [-0.3, -0.25) is 0 Å². The van der Waals surface area contributed by atoms with Gasteiger partial charge < -0.3 is 9.88 Å². The Labute approximate surface area is 122 Å². The maximum Gasteiger partial charge on any atom is 0.163 e. The molecule has 1 atom stereocenters. The average Bonchev–Trinajstić information content (AvgIpc) is 2.70. The Morgan fingerprint density at radius 2 is 2.26 bits per heavy atom. The van der Waals surface area contributed by atoms with Crippen LogP contribution in [-0.4, -0.2) is 22.1 Å². The first kappa shape index (κ1) is 13.3. The molecule has 0 saturated carbocycles. The molecule has 19 heavy (non-hydrogen) atoms. The molecule has 0 amide bonds. The predicted molar refractivity (Wildman–Crippen MR) is 73.3 cm³/mol. The van der Waals surface area contributed by atoms with E-state index in [1.807, 2.05) is 0 Å². The lowest BCUT2D eigenvalue weighted by Gasteiger charge is -2.28. The molecule has 1 aromatic carbocycles. The van der Waals surface area contributed by atoms with E-state index in [2.05, 4.69) is 26.2 Å². The average molecular weight is 351 g/mol. The lowest BCUT2D eigenvalue weighted by atomic mass is 10.1. The Morgan fingerprint density at radius 3 is 2.84 bits per heavy atom. The van der Waals surface area contributed by atoms with Gasteiger partial charge in [-0.15, -0.1) is 11.6 Å². The Hall–Kier alpha value is -0.720. The third kappa shape index (κ3) is 2.15. The lowest BCUT2D eigenvalue weighted by Crippen LogP contribution is -2.45. The van der Waals surface area contributed by atoms with Crippen molar-refractivity contribution in [1.82, 2.24) is 14.9 Å². The first-order valence-corrected chi connectivity index (χ1v) is 7.26. The van der Waals surface area contributed by atoms with Gasteiger partial charge >= 0.3 is 0 Å². The van der Waals surface area contributed by atoms with Crippen LogP contribution in [0.4, 0.5) is 8.78 Å². The molecular formula is C12H11BrClF2N3. The second-order valence-corrected chi connectivity index (χ2v) is 5.68. The fourth-order valence-electron chi connectivity index (χ4n) is 2.27. The summed E-state index contributed by atoms with van der Waals surface area (Å²) in [5.74, 6) is -0.437. The SMILES string of the molecule is Fc1cc(Br)c(F)c2c1nc(CCl)n2C[C@@H]1CCN1. The predicted octanol–water partition coefficient (Wildman–Crippen LogP) is 3.18. The van der Waals surface area contributed by atoms with Crippen LogP contribution in [0.1, 0.15) is 12.2 Å². The van der Waals surface area contributed by atoms with E-state index in [4.69, 9.17) is 11.6 Å². The maximum absolute atomic E-state index is 14.2. The molecule has 1 aliphatic rings. The third-order valence-corrected chi connectivity index (χ3v) is 4.21. The van der Waals surface area contributed by atoms with Gasteiger partial charge in [-0.05, 0) is 35.0 Å². The van der Waals surface area contributed by atoms with E-state index >= 15 is 0 Å². The van der Waals surface area contributed by atoms with Gasteiger partial charge in [-0.25, -0.2) is 13.8 Å². The van der Waals surface area contributed by atoms with Crippen molar-refractivity contribution in [1.29, 1.82) is 0 Å². The number of rotatable bonds is 3. The highest BCUT2D eigenvalue weighted by atomic mass is 79.9. The summed E-state index contributed by atoms with van der Waals surface area (Å²) >= 11 is 8.86. The van der Waals surface area contributed by atoms with Crippen LogP contribution in [0.3, 0.4) is 0 Å². The Bertz CT molecular complexity index is 640. The van der Waals surface area contributed by atoms with Crippen LogP contribution in [0, 0.1) is 11.6 Å². The molecule has 2 heterocycles. The number of nitrogens with one attached hydrogen (secondary N) is 1. The summed E-state index contributed by atoms with van der Waals surface area (Å²) in [7, 11) is 0. The monoisotopic (exact) mass is 349 g/mol. The fraction of sp³-hybridized carbons (Fsp3) is 0.417. The van der Waals surface area contributed by atoms with Gasteiger partial charge in [0, 0.05) is 12.6 Å². The molecule has 3 rings (SSSR count). The number of halogens is 4. The van der Waals surface area contributed by atoms with Crippen LogP contribution in [0.2, 0.25) is 0 Å². The molecule has 2 aromatic rings. The van der Waals surface area contributed by atoms with Crippen molar-refractivity contribution in [2.24, 2.45) is 0 Å². The van der Waals surface area contributed by atoms with Crippen LogP contribution in [0.15, 0.2) is 10.5 Å². The highest BCUT2D eigenvalue weighted by Crippen LogP contribution is 2.29. The van der Waals surface area contributed by atoms with Gasteiger partial charge in [0.25, 0.3) is 0 Å². The van der Waals surface area contributed by atoms with E-state index in [0.29, 0.717) is 12.4 Å². The van der Waals surface area contributed by atoms with Gasteiger partial charge in [0.2, 0.25) is 0 Å². The molecule has 1 aliphatic heterocycles. The quantitative estimate of drug-likeness (QED) is 0.681. The fourth-order valence-corrected chi connectivity index (χ4v) is 2.86. The van der Waals surface area contributed by atoms with Crippen LogP contribution in [-0.2, 0) is 12.4 Å². The van der Waals surface area contributed by atoms with Gasteiger partial charge in [-0.2, -0.15) is 0 Å². The minimum Gasteiger partial charge on any atom is -0.323 e. The summed E-state index contributed by atoms with van der Waals surface area (Å²) in [5, 5.41) is 3.23. The highest BCUT2D eigenvalue weighted by molar-refractivity contribution is 9.10. The van der Waals surface area contributed by atoms with E-state index in [1.165, 1.54) is 0 Å². The molecule has 0 unspecified atom stereocenters. The second-order valence-electron chi connectivity index (χ2n) is 4.56. The van der Waals surface area contributed by atoms with E-state index in [1.54, 1.807) is 4.57 Å². The molecular weight excluding hydrogens is 340 g/mol. The summed E-state index contributed by atoms with van der Waals surface area (Å²) in [6, 6.07) is 1.36. The molecule has 0 aliphatic carbocycles. The minimum absolute atomic E-state index is 0.0377. The molecule has 0 bridgehead atoms. The number of aromatic nitrogens is 2. The number of nitrogens with zero attached hydrogens (tertiary/aromatic N) is 2. The van der Waals surface area contributed by atoms with Crippen molar-refractivity contribution in [3.8, 4) is 0 Å². The van der Waals surface area contributed by atoms with Crippen LogP contribution in [0.5, 0.6) is 0 Å². The summed E-state index contributed by atoms with van der Waals surface area (Å²) < 4.78 is 29.8. The Morgan fingerprint density at radius 1 is 1.53 bits per heavy atom. The molecule has 7 heteroatoms. The van der Waals surface area contributed by atoms with Crippen molar-refractivity contribution in [3.63, 3.8) is 0 Å². The van der Waals surface area contributed by atoms with Crippen LogP contribution < -0.4 is 5.32 Å². The largest absolute Gasteiger partial charge is 0.323 e. The highest BCUT2D eigenvalue weighted by Gasteiger charge is 2.24.